The minimum atomic E-state index is -0.835. The third-order valence-corrected chi connectivity index (χ3v) is 6.61. The third kappa shape index (κ3) is 3.08. The molecule has 3 heterocycles. The number of rotatable bonds is 4. The predicted octanol–water partition coefficient (Wildman–Crippen LogP) is 5.20. The lowest BCUT2D eigenvalue weighted by Gasteiger charge is -2.50. The Bertz CT molecular complexity index is 1140. The van der Waals surface area contributed by atoms with Crippen LogP contribution in [0.5, 0.6) is 0 Å². The van der Waals surface area contributed by atoms with Gasteiger partial charge in [0.1, 0.15) is 5.69 Å². The lowest BCUT2D eigenvalue weighted by molar-refractivity contribution is 0.120. The van der Waals surface area contributed by atoms with Crippen molar-refractivity contribution in [3.63, 3.8) is 0 Å². The monoisotopic (exact) mass is 430 g/mol. The van der Waals surface area contributed by atoms with Crippen LogP contribution in [0.2, 0.25) is 5.02 Å². The number of nitrogens with one attached hydrogen (secondary N) is 4. The van der Waals surface area contributed by atoms with Gasteiger partial charge in [-0.25, -0.2) is 18.7 Å². The summed E-state index contributed by atoms with van der Waals surface area (Å²) >= 11 is 6.01. The predicted molar refractivity (Wildman–Crippen MR) is 110 cm³/mol. The van der Waals surface area contributed by atoms with E-state index in [1.807, 2.05) is 0 Å². The van der Waals surface area contributed by atoms with E-state index >= 15 is 0 Å². The molecule has 6 rings (SSSR count). The van der Waals surface area contributed by atoms with Crippen molar-refractivity contribution in [2.24, 2.45) is 17.8 Å². The fraction of sp³-hybridized carbons (Fsp3) is 0.400. The van der Waals surface area contributed by atoms with Crippen LogP contribution in [-0.4, -0.2) is 32.0 Å². The Morgan fingerprint density at radius 1 is 1.17 bits per heavy atom. The van der Waals surface area contributed by atoms with Crippen molar-refractivity contribution in [2.45, 2.75) is 31.7 Å². The number of fused-ring (bicyclic) bond motifs is 4. The van der Waals surface area contributed by atoms with E-state index in [2.05, 4.69) is 25.5 Å². The molecule has 2 unspecified atom stereocenters. The van der Waals surface area contributed by atoms with Crippen molar-refractivity contribution in [1.82, 2.24) is 20.2 Å². The molecule has 0 saturated heterocycles. The molecule has 2 atom stereocenters. The molecule has 156 valence electrons. The number of H-pyrrole nitrogens is 1. The molecule has 3 fully saturated rings. The van der Waals surface area contributed by atoms with Gasteiger partial charge >= 0.3 is 0 Å². The summed E-state index contributed by atoms with van der Waals surface area (Å²) in [6.45, 7) is 0. The molecule has 0 aliphatic heterocycles. The van der Waals surface area contributed by atoms with Crippen LogP contribution in [0, 0.1) is 34.8 Å². The molecule has 7 nitrogen and oxygen atoms in total. The molecule has 0 amide bonds. The highest BCUT2D eigenvalue weighted by atomic mass is 35.5. The number of amidine groups is 1. The SMILES string of the molecule is N=C([NH-])C1C2CCC(CC2)C1Nc1nc(-c2[nH]nc3ncc(Cl)cc23)c(F)cc1F. The lowest BCUT2D eigenvalue weighted by atomic mass is 9.61. The molecule has 3 saturated carbocycles. The summed E-state index contributed by atoms with van der Waals surface area (Å²) in [7, 11) is 0. The van der Waals surface area contributed by atoms with Crippen molar-refractivity contribution in [1.29, 1.82) is 5.41 Å². The van der Waals surface area contributed by atoms with Crippen LogP contribution in [0.25, 0.3) is 28.2 Å². The Labute approximate surface area is 175 Å². The first-order chi connectivity index (χ1) is 14.4. The fourth-order valence-electron chi connectivity index (χ4n) is 5.03. The van der Waals surface area contributed by atoms with E-state index in [-0.39, 0.29) is 46.8 Å². The van der Waals surface area contributed by atoms with Gasteiger partial charge in [-0.1, -0.05) is 17.4 Å². The second-order valence-corrected chi connectivity index (χ2v) is 8.49. The van der Waals surface area contributed by atoms with E-state index in [0.29, 0.717) is 16.1 Å². The molecular formula is C20H19ClF2N7-. The normalized spacial score (nSPS) is 25.6. The van der Waals surface area contributed by atoms with Crippen molar-refractivity contribution in [3.05, 3.63) is 40.7 Å². The fourth-order valence-corrected chi connectivity index (χ4v) is 5.19. The van der Waals surface area contributed by atoms with Gasteiger partial charge in [0.2, 0.25) is 0 Å². The van der Waals surface area contributed by atoms with E-state index in [1.54, 1.807) is 6.07 Å². The Morgan fingerprint density at radius 3 is 2.63 bits per heavy atom. The molecule has 0 spiro atoms. The molecule has 0 radical (unpaired) electrons. The highest BCUT2D eigenvalue weighted by Gasteiger charge is 2.43. The Kier molecular flexibility index (Phi) is 4.57. The van der Waals surface area contributed by atoms with Crippen molar-refractivity contribution < 1.29 is 8.78 Å². The van der Waals surface area contributed by atoms with E-state index in [1.165, 1.54) is 6.20 Å². The van der Waals surface area contributed by atoms with Crippen molar-refractivity contribution in [2.75, 3.05) is 5.32 Å². The lowest BCUT2D eigenvalue weighted by Crippen LogP contribution is -2.50. The van der Waals surface area contributed by atoms with Crippen LogP contribution in [0.3, 0.4) is 0 Å². The van der Waals surface area contributed by atoms with E-state index in [4.69, 9.17) is 22.7 Å². The topological polar surface area (TPSA) is 114 Å². The van der Waals surface area contributed by atoms with Gasteiger partial charge in [0.25, 0.3) is 0 Å². The number of aromatic amines is 1. The Hall–Kier alpha value is -2.81. The number of pyridine rings is 2. The molecule has 4 N–H and O–H groups in total. The van der Waals surface area contributed by atoms with Crippen LogP contribution in [0.4, 0.5) is 14.6 Å². The quantitative estimate of drug-likeness (QED) is 0.390. The smallest absolute Gasteiger partial charge is 0.181 e. The Morgan fingerprint density at radius 2 is 1.90 bits per heavy atom. The van der Waals surface area contributed by atoms with Crippen LogP contribution in [-0.2, 0) is 0 Å². The van der Waals surface area contributed by atoms with Gasteiger partial charge < -0.3 is 16.5 Å². The number of aromatic nitrogens is 4. The highest BCUT2D eigenvalue weighted by molar-refractivity contribution is 6.31. The number of anilines is 1. The van der Waals surface area contributed by atoms with Crippen LogP contribution in [0.15, 0.2) is 18.3 Å². The molecule has 3 aliphatic carbocycles. The second kappa shape index (κ2) is 7.16. The molecule has 2 bridgehead atoms. The molecule has 30 heavy (non-hydrogen) atoms. The number of halogens is 3. The molecule has 10 heteroatoms. The zero-order valence-corrected chi connectivity index (χ0v) is 16.6. The van der Waals surface area contributed by atoms with Gasteiger partial charge in [-0.3, -0.25) is 5.10 Å². The van der Waals surface area contributed by atoms with Gasteiger partial charge in [-0.15, -0.1) is 0 Å². The van der Waals surface area contributed by atoms with Crippen LogP contribution < -0.4 is 5.32 Å². The molecule has 3 aliphatic rings. The Balaban J connectivity index is 1.55. The first-order valence-corrected chi connectivity index (χ1v) is 10.2. The van der Waals surface area contributed by atoms with Gasteiger partial charge in [-0.05, 0) is 49.5 Å². The van der Waals surface area contributed by atoms with Crippen molar-refractivity contribution >= 4 is 34.3 Å². The zero-order chi connectivity index (χ0) is 21.0. The summed E-state index contributed by atoms with van der Waals surface area (Å²) in [5, 5.41) is 18.6. The minimum Gasteiger partial charge on any atom is -0.486 e. The maximum absolute atomic E-state index is 14.7. The summed E-state index contributed by atoms with van der Waals surface area (Å²) in [4.78, 5) is 8.32. The minimum absolute atomic E-state index is 0.0899. The number of hydrogen-bond acceptors (Lipinski definition) is 5. The van der Waals surface area contributed by atoms with E-state index in [9.17, 15) is 8.78 Å². The average Bonchev–Trinajstić information content (AvgIpc) is 3.13. The third-order valence-electron chi connectivity index (χ3n) is 6.40. The average molecular weight is 431 g/mol. The van der Waals surface area contributed by atoms with Crippen molar-refractivity contribution in [3.8, 4) is 11.4 Å². The van der Waals surface area contributed by atoms with Gasteiger partial charge in [0.15, 0.2) is 23.1 Å². The zero-order valence-electron chi connectivity index (χ0n) is 15.8. The first kappa shape index (κ1) is 19.2. The molecule has 3 aromatic rings. The second-order valence-electron chi connectivity index (χ2n) is 8.06. The first-order valence-electron chi connectivity index (χ1n) is 9.85. The molecule has 0 aromatic carbocycles. The van der Waals surface area contributed by atoms with E-state index in [0.717, 1.165) is 31.7 Å². The van der Waals surface area contributed by atoms with Crippen LogP contribution >= 0.6 is 11.6 Å². The molecule has 3 aromatic heterocycles. The summed E-state index contributed by atoms with van der Waals surface area (Å²) in [5.41, 5.74) is 8.43. The van der Waals surface area contributed by atoms with Gasteiger partial charge in [0, 0.05) is 23.7 Å². The molecular weight excluding hydrogens is 412 g/mol. The maximum Gasteiger partial charge on any atom is 0.181 e. The summed E-state index contributed by atoms with van der Waals surface area (Å²) in [6.07, 6.45) is 5.33. The summed E-state index contributed by atoms with van der Waals surface area (Å²) in [6, 6.07) is 2.12. The largest absolute Gasteiger partial charge is 0.486 e. The number of hydrogen-bond donors (Lipinski definition) is 3. The maximum atomic E-state index is 14.7. The standard InChI is InChI=1S/C20H19ClF2N7/c21-10-5-11-16(29-30-19(11)26-7-10)17-12(22)6-13(23)20(28-17)27-15-9-3-1-8(2-4-9)14(15)18(24)25/h5-9,14-15H,1-4H2,(H4-,24,25,26,27,28,29,30)/q-1. The highest BCUT2D eigenvalue weighted by Crippen LogP contribution is 2.47. The summed E-state index contributed by atoms with van der Waals surface area (Å²) in [5.74, 6) is -1.70. The van der Waals surface area contributed by atoms with E-state index < -0.39 is 11.6 Å². The number of nitrogens with zero attached hydrogens (tertiary/aromatic N) is 3. The van der Waals surface area contributed by atoms with Gasteiger partial charge in [0.05, 0.1) is 10.7 Å². The van der Waals surface area contributed by atoms with Crippen LogP contribution in [0.1, 0.15) is 25.7 Å². The van der Waals surface area contributed by atoms with Gasteiger partial charge in [-0.2, -0.15) is 5.10 Å². The summed E-state index contributed by atoms with van der Waals surface area (Å²) < 4.78 is 29.3.